The van der Waals surface area contributed by atoms with Crippen LogP contribution in [0.15, 0.2) is 36.4 Å². The fraction of sp³-hybridized carbons (Fsp3) is 0.111. The van der Waals surface area contributed by atoms with Crippen LogP contribution < -0.4 is 10.6 Å². The SMILES string of the molecule is COC(=O)c1ccc(C(=O)OC)c(NC(=O)C(=O)Nc2ccc(Cl)c([N+](=O)[O-])c2)c1. The van der Waals surface area contributed by atoms with Crippen molar-refractivity contribution in [3.63, 3.8) is 0 Å². The number of benzene rings is 2. The molecule has 2 aromatic rings. The second-order valence-electron chi connectivity index (χ2n) is 5.58. The number of ether oxygens (including phenoxy) is 2. The van der Waals surface area contributed by atoms with Crippen molar-refractivity contribution >= 4 is 52.4 Å². The summed E-state index contributed by atoms with van der Waals surface area (Å²) < 4.78 is 9.18. The average molecular weight is 436 g/mol. The first-order valence-corrected chi connectivity index (χ1v) is 8.42. The minimum atomic E-state index is -1.21. The number of esters is 2. The lowest BCUT2D eigenvalue weighted by atomic mass is 10.1. The number of hydrogen-bond acceptors (Lipinski definition) is 8. The number of nitrogens with one attached hydrogen (secondary N) is 2. The standard InChI is InChI=1S/C18H14ClN3O8/c1-29-17(25)9-3-5-11(18(26)30-2)13(7-9)21-16(24)15(23)20-10-4-6-12(19)14(8-10)22(27)28/h3-8H,1-2H3,(H,20,23)(H,21,24). The summed E-state index contributed by atoms with van der Waals surface area (Å²) in [5.74, 6) is -3.96. The minimum Gasteiger partial charge on any atom is -0.465 e. The van der Waals surface area contributed by atoms with Crippen LogP contribution in [0.1, 0.15) is 20.7 Å². The quantitative estimate of drug-likeness (QED) is 0.314. The zero-order valence-electron chi connectivity index (χ0n) is 15.6. The molecule has 11 nitrogen and oxygen atoms in total. The van der Waals surface area contributed by atoms with E-state index in [-0.39, 0.29) is 27.5 Å². The first-order chi connectivity index (χ1) is 14.2. The van der Waals surface area contributed by atoms with Crippen LogP contribution in [0.25, 0.3) is 0 Å². The molecule has 2 amide bonds. The number of halogens is 1. The lowest BCUT2D eigenvalue weighted by molar-refractivity contribution is -0.384. The summed E-state index contributed by atoms with van der Waals surface area (Å²) >= 11 is 5.70. The lowest BCUT2D eigenvalue weighted by Gasteiger charge is -2.11. The molecular formula is C18H14ClN3O8. The Morgan fingerprint density at radius 3 is 2.17 bits per heavy atom. The van der Waals surface area contributed by atoms with Gasteiger partial charge < -0.3 is 20.1 Å². The smallest absolute Gasteiger partial charge is 0.339 e. The fourth-order valence-electron chi connectivity index (χ4n) is 2.28. The van der Waals surface area contributed by atoms with E-state index in [1.54, 1.807) is 0 Å². The molecule has 0 aliphatic heterocycles. The Bertz CT molecular complexity index is 1050. The van der Waals surface area contributed by atoms with Gasteiger partial charge >= 0.3 is 23.8 Å². The minimum absolute atomic E-state index is 0.00851. The third kappa shape index (κ3) is 5.08. The molecule has 12 heteroatoms. The number of anilines is 2. The highest BCUT2D eigenvalue weighted by molar-refractivity contribution is 6.44. The second-order valence-corrected chi connectivity index (χ2v) is 5.98. The number of nitrogens with zero attached hydrogens (tertiary/aromatic N) is 1. The molecule has 0 bridgehead atoms. The maximum absolute atomic E-state index is 12.3. The molecule has 0 unspecified atom stereocenters. The number of carbonyl (C=O) groups excluding carboxylic acids is 4. The maximum atomic E-state index is 12.3. The van der Waals surface area contributed by atoms with Crippen LogP contribution >= 0.6 is 11.6 Å². The highest BCUT2D eigenvalue weighted by Crippen LogP contribution is 2.27. The number of nitro groups is 1. The van der Waals surface area contributed by atoms with Crippen LogP contribution in [0, 0.1) is 10.1 Å². The monoisotopic (exact) mass is 435 g/mol. The third-order valence-electron chi connectivity index (χ3n) is 3.70. The molecule has 0 atom stereocenters. The van der Waals surface area contributed by atoms with Gasteiger partial charge in [0.25, 0.3) is 5.69 Å². The van der Waals surface area contributed by atoms with Crippen molar-refractivity contribution in [2.45, 2.75) is 0 Å². The second kappa shape index (κ2) is 9.47. The van der Waals surface area contributed by atoms with E-state index in [2.05, 4.69) is 20.1 Å². The Hall–Kier alpha value is -3.99. The molecule has 0 saturated carbocycles. The number of amides is 2. The van der Waals surface area contributed by atoms with Gasteiger partial charge in [0.1, 0.15) is 5.02 Å². The van der Waals surface area contributed by atoms with Gasteiger partial charge in [-0.2, -0.15) is 0 Å². The molecule has 0 saturated heterocycles. The molecule has 0 spiro atoms. The Kier molecular flexibility index (Phi) is 7.04. The van der Waals surface area contributed by atoms with Crippen molar-refractivity contribution < 1.29 is 33.6 Å². The molecule has 0 aliphatic rings. The fourth-order valence-corrected chi connectivity index (χ4v) is 2.46. The summed E-state index contributed by atoms with van der Waals surface area (Å²) in [6.45, 7) is 0. The molecule has 2 rings (SSSR count). The molecule has 0 aliphatic carbocycles. The average Bonchev–Trinajstić information content (AvgIpc) is 2.73. The van der Waals surface area contributed by atoms with Gasteiger partial charge in [-0.25, -0.2) is 9.59 Å². The lowest BCUT2D eigenvalue weighted by Crippen LogP contribution is -2.30. The van der Waals surface area contributed by atoms with Crippen LogP contribution in [-0.2, 0) is 19.1 Å². The van der Waals surface area contributed by atoms with Gasteiger partial charge in [-0.05, 0) is 30.3 Å². The third-order valence-corrected chi connectivity index (χ3v) is 4.02. The van der Waals surface area contributed by atoms with E-state index < -0.39 is 34.4 Å². The van der Waals surface area contributed by atoms with E-state index >= 15 is 0 Å². The zero-order chi connectivity index (χ0) is 22.4. The summed E-state index contributed by atoms with van der Waals surface area (Å²) in [7, 11) is 2.26. The zero-order valence-corrected chi connectivity index (χ0v) is 16.3. The maximum Gasteiger partial charge on any atom is 0.339 e. The molecule has 2 N–H and O–H groups in total. The largest absolute Gasteiger partial charge is 0.465 e. The van der Waals surface area contributed by atoms with Crippen molar-refractivity contribution in [2.24, 2.45) is 0 Å². The van der Waals surface area contributed by atoms with E-state index in [1.807, 2.05) is 0 Å². The summed E-state index contributed by atoms with van der Waals surface area (Å²) in [5, 5.41) is 15.1. The van der Waals surface area contributed by atoms with Crippen molar-refractivity contribution in [3.8, 4) is 0 Å². The summed E-state index contributed by atoms with van der Waals surface area (Å²) in [6, 6.07) is 7.05. The molecule has 0 fully saturated rings. The Balaban J connectivity index is 2.26. The van der Waals surface area contributed by atoms with Gasteiger partial charge in [-0.15, -0.1) is 0 Å². The summed E-state index contributed by atoms with van der Waals surface area (Å²) in [4.78, 5) is 58.2. The number of carbonyl (C=O) groups is 4. The summed E-state index contributed by atoms with van der Waals surface area (Å²) in [6.07, 6.45) is 0. The molecule has 0 aromatic heterocycles. The predicted octanol–water partition coefficient (Wildman–Crippen LogP) is 2.40. The van der Waals surface area contributed by atoms with E-state index in [1.165, 1.54) is 24.3 Å². The van der Waals surface area contributed by atoms with Crippen molar-refractivity contribution in [3.05, 3.63) is 62.7 Å². The van der Waals surface area contributed by atoms with Gasteiger partial charge in [-0.1, -0.05) is 11.6 Å². The van der Waals surface area contributed by atoms with Gasteiger partial charge in [0, 0.05) is 11.8 Å². The van der Waals surface area contributed by atoms with Gasteiger partial charge in [0.15, 0.2) is 0 Å². The first kappa shape index (κ1) is 22.3. The molecule has 0 heterocycles. The van der Waals surface area contributed by atoms with E-state index in [0.29, 0.717) is 0 Å². The van der Waals surface area contributed by atoms with Crippen LogP contribution in [0.2, 0.25) is 5.02 Å². The topological polar surface area (TPSA) is 154 Å². The van der Waals surface area contributed by atoms with Crippen LogP contribution in [-0.4, -0.2) is 42.9 Å². The number of hydrogen-bond donors (Lipinski definition) is 2. The Morgan fingerprint density at radius 1 is 0.933 bits per heavy atom. The van der Waals surface area contributed by atoms with Crippen molar-refractivity contribution in [2.75, 3.05) is 24.9 Å². The van der Waals surface area contributed by atoms with Crippen LogP contribution in [0.5, 0.6) is 0 Å². The molecule has 2 aromatic carbocycles. The van der Waals surface area contributed by atoms with E-state index in [9.17, 15) is 29.3 Å². The predicted molar refractivity (Wildman–Crippen MR) is 104 cm³/mol. The molecule has 156 valence electrons. The molecular weight excluding hydrogens is 422 g/mol. The Labute approximate surface area is 174 Å². The molecule has 30 heavy (non-hydrogen) atoms. The number of methoxy groups -OCH3 is 2. The van der Waals surface area contributed by atoms with Crippen molar-refractivity contribution in [1.82, 2.24) is 0 Å². The Morgan fingerprint density at radius 2 is 1.57 bits per heavy atom. The molecule has 0 radical (unpaired) electrons. The van der Waals surface area contributed by atoms with Gasteiger partial charge in [0.05, 0.1) is 36.0 Å². The van der Waals surface area contributed by atoms with Crippen LogP contribution in [0.3, 0.4) is 0 Å². The highest BCUT2D eigenvalue weighted by atomic mass is 35.5. The highest BCUT2D eigenvalue weighted by Gasteiger charge is 2.21. The van der Waals surface area contributed by atoms with E-state index in [4.69, 9.17) is 11.6 Å². The van der Waals surface area contributed by atoms with Gasteiger partial charge in [-0.3, -0.25) is 19.7 Å². The first-order valence-electron chi connectivity index (χ1n) is 8.05. The normalized spacial score (nSPS) is 9.97. The number of nitro benzene ring substituents is 1. The number of rotatable bonds is 5. The van der Waals surface area contributed by atoms with Crippen LogP contribution in [0.4, 0.5) is 17.1 Å². The van der Waals surface area contributed by atoms with Gasteiger partial charge in [0.2, 0.25) is 0 Å². The van der Waals surface area contributed by atoms with E-state index in [0.717, 1.165) is 26.4 Å². The summed E-state index contributed by atoms with van der Waals surface area (Å²) in [5.41, 5.74) is -0.800. The van der Waals surface area contributed by atoms with Crippen molar-refractivity contribution in [1.29, 1.82) is 0 Å².